The number of nitrogens with zero attached hydrogens (tertiary/aromatic N) is 2. The summed E-state index contributed by atoms with van der Waals surface area (Å²) in [7, 11) is 0. The van der Waals surface area contributed by atoms with E-state index < -0.39 is 5.97 Å². The summed E-state index contributed by atoms with van der Waals surface area (Å²) in [4.78, 5) is 28.9. The number of aromatic carboxylic acids is 1. The number of ether oxygens (including phenoxy) is 3. The first kappa shape index (κ1) is 32.0. The lowest BCUT2D eigenvalue weighted by Gasteiger charge is -2.26. The second-order valence-corrected chi connectivity index (χ2v) is 12.3. The molecule has 3 aromatic carbocycles. The molecule has 0 bridgehead atoms. The van der Waals surface area contributed by atoms with Crippen molar-refractivity contribution in [3.8, 4) is 22.6 Å². The van der Waals surface area contributed by atoms with Crippen LogP contribution in [-0.4, -0.2) is 83.7 Å². The van der Waals surface area contributed by atoms with Gasteiger partial charge in [-0.05, 0) is 72.5 Å². The average molecular weight is 653 g/mol. The molecule has 11 heteroatoms. The molecule has 0 atom stereocenters. The molecule has 0 unspecified atom stereocenters. The molecule has 2 aliphatic rings. The van der Waals surface area contributed by atoms with Crippen molar-refractivity contribution >= 4 is 57.9 Å². The molecule has 0 saturated carbocycles. The Morgan fingerprint density at radius 2 is 1.80 bits per heavy atom. The number of amides is 1. The number of hydrogen-bond acceptors (Lipinski definition) is 8. The summed E-state index contributed by atoms with van der Waals surface area (Å²) < 4.78 is 17.8. The highest BCUT2D eigenvalue weighted by Crippen LogP contribution is 2.38. The number of halogens is 1. The third-order valence-corrected chi connectivity index (χ3v) is 8.98. The highest BCUT2D eigenvalue weighted by atomic mass is 35.5. The van der Waals surface area contributed by atoms with Gasteiger partial charge in [0.25, 0.3) is 5.91 Å². The molecule has 0 aromatic heterocycles. The Hall–Kier alpha value is -3.41. The van der Waals surface area contributed by atoms with Gasteiger partial charge in [0.15, 0.2) is 0 Å². The number of carboxylic acids is 1. The molecule has 3 aromatic rings. The molecular formula is C33H33ClN2O6S2. The number of benzene rings is 3. The lowest BCUT2D eigenvalue weighted by Crippen LogP contribution is -2.38. The van der Waals surface area contributed by atoms with E-state index in [1.165, 1.54) is 11.8 Å². The molecule has 1 amide bonds. The van der Waals surface area contributed by atoms with Crippen LogP contribution >= 0.6 is 35.6 Å². The zero-order valence-corrected chi connectivity index (χ0v) is 26.7. The van der Waals surface area contributed by atoms with E-state index in [0.29, 0.717) is 46.2 Å². The summed E-state index contributed by atoms with van der Waals surface area (Å²) >= 11 is 13.4. The van der Waals surface area contributed by atoms with Crippen molar-refractivity contribution in [1.29, 1.82) is 0 Å². The molecule has 8 nitrogen and oxygen atoms in total. The van der Waals surface area contributed by atoms with Crippen molar-refractivity contribution in [2.75, 3.05) is 52.6 Å². The number of hydrogen-bond donors (Lipinski definition) is 1. The molecule has 0 spiro atoms. The summed E-state index contributed by atoms with van der Waals surface area (Å²) in [6, 6.07) is 18.2. The molecule has 44 heavy (non-hydrogen) atoms. The quantitative estimate of drug-likeness (QED) is 0.180. The summed E-state index contributed by atoms with van der Waals surface area (Å²) in [5.41, 5.74) is 3.70. The van der Waals surface area contributed by atoms with Crippen molar-refractivity contribution in [3.05, 3.63) is 87.3 Å². The zero-order valence-electron chi connectivity index (χ0n) is 24.3. The van der Waals surface area contributed by atoms with Crippen molar-refractivity contribution < 1.29 is 28.9 Å². The van der Waals surface area contributed by atoms with Crippen LogP contribution in [0.3, 0.4) is 0 Å². The SMILES string of the molecule is CCOc1ccc(-c2cc(/C=C3\SC(=S)N(CCc4ccc(C(=O)O)cc4)C3=O)ccc2OCCN2CCOCC2)cc1Cl. The number of thioether (sulfide) groups is 1. The third-order valence-electron chi connectivity index (χ3n) is 7.31. The van der Waals surface area contributed by atoms with Crippen LogP contribution in [0.1, 0.15) is 28.4 Å². The number of carboxylic acid groups (broad SMARTS) is 1. The van der Waals surface area contributed by atoms with Gasteiger partial charge in [-0.1, -0.05) is 59.8 Å². The Balaban J connectivity index is 1.34. The maximum atomic E-state index is 13.3. The molecule has 5 rings (SSSR count). The van der Waals surface area contributed by atoms with Crippen molar-refractivity contribution in [2.24, 2.45) is 0 Å². The van der Waals surface area contributed by atoms with E-state index in [9.17, 15) is 9.59 Å². The number of morpholine rings is 1. The average Bonchev–Trinajstić information content (AvgIpc) is 3.29. The Kier molecular flexibility index (Phi) is 10.9. The van der Waals surface area contributed by atoms with Crippen molar-refractivity contribution in [2.45, 2.75) is 13.3 Å². The fourth-order valence-electron chi connectivity index (χ4n) is 4.94. The number of carbonyl (C=O) groups is 2. The van der Waals surface area contributed by atoms with Crippen LogP contribution in [0.4, 0.5) is 0 Å². The fourth-order valence-corrected chi connectivity index (χ4v) is 6.48. The fraction of sp³-hybridized carbons (Fsp3) is 0.303. The van der Waals surface area contributed by atoms with Crippen LogP contribution in [0.25, 0.3) is 17.2 Å². The lowest BCUT2D eigenvalue weighted by atomic mass is 10.0. The van der Waals surface area contributed by atoms with Crippen LogP contribution in [0.2, 0.25) is 5.02 Å². The highest BCUT2D eigenvalue weighted by Gasteiger charge is 2.31. The van der Waals surface area contributed by atoms with E-state index >= 15 is 0 Å². The van der Waals surface area contributed by atoms with Gasteiger partial charge in [-0.2, -0.15) is 0 Å². The lowest BCUT2D eigenvalue weighted by molar-refractivity contribution is -0.122. The van der Waals surface area contributed by atoms with Crippen LogP contribution < -0.4 is 9.47 Å². The number of carbonyl (C=O) groups excluding carboxylic acids is 1. The minimum Gasteiger partial charge on any atom is -0.492 e. The van der Waals surface area contributed by atoms with E-state index in [1.54, 1.807) is 29.2 Å². The minimum absolute atomic E-state index is 0.154. The Morgan fingerprint density at radius 1 is 1.05 bits per heavy atom. The van der Waals surface area contributed by atoms with Gasteiger partial charge < -0.3 is 19.3 Å². The standard InChI is InChI=1S/C33H33ClN2O6S2/c1-2-41-29-10-8-25(21-27(29)34)26-19-23(5-9-28(26)42-18-15-35-13-16-40-17-14-35)20-30-31(37)36(33(43)44-30)12-11-22-3-6-24(7-4-22)32(38)39/h3-10,19-21H,2,11-18H2,1H3,(H,38,39)/b30-20-. The summed E-state index contributed by atoms with van der Waals surface area (Å²) in [5.74, 6) is 0.209. The van der Waals surface area contributed by atoms with Gasteiger partial charge in [-0.15, -0.1) is 0 Å². The first-order valence-electron chi connectivity index (χ1n) is 14.4. The molecule has 2 heterocycles. The monoisotopic (exact) mass is 652 g/mol. The van der Waals surface area contributed by atoms with Gasteiger partial charge in [0, 0.05) is 31.7 Å². The summed E-state index contributed by atoms with van der Waals surface area (Å²) in [6.07, 6.45) is 2.40. The van der Waals surface area contributed by atoms with Gasteiger partial charge in [-0.25, -0.2) is 4.79 Å². The Labute approximate surface area is 271 Å². The number of thiocarbonyl (C=S) groups is 1. The van der Waals surface area contributed by atoms with Gasteiger partial charge in [0.05, 0.1) is 35.3 Å². The van der Waals surface area contributed by atoms with Gasteiger partial charge in [0.2, 0.25) is 0 Å². The molecule has 2 saturated heterocycles. The van der Waals surface area contributed by atoms with Gasteiger partial charge >= 0.3 is 5.97 Å². The first-order chi connectivity index (χ1) is 21.3. The Bertz CT molecular complexity index is 1560. The van der Waals surface area contributed by atoms with Crippen LogP contribution in [0.15, 0.2) is 65.6 Å². The Morgan fingerprint density at radius 3 is 2.50 bits per heavy atom. The molecular weight excluding hydrogens is 620 g/mol. The second kappa shape index (κ2) is 15.0. The second-order valence-electron chi connectivity index (χ2n) is 10.2. The van der Waals surface area contributed by atoms with Crippen molar-refractivity contribution in [1.82, 2.24) is 9.80 Å². The van der Waals surface area contributed by atoms with Gasteiger partial charge in [0.1, 0.15) is 22.4 Å². The first-order valence-corrected chi connectivity index (χ1v) is 16.0. The van der Waals surface area contributed by atoms with E-state index in [-0.39, 0.29) is 11.5 Å². The smallest absolute Gasteiger partial charge is 0.335 e. The van der Waals surface area contributed by atoms with Gasteiger partial charge in [-0.3, -0.25) is 14.6 Å². The van der Waals surface area contributed by atoms with E-state index in [4.69, 9.17) is 43.1 Å². The topological polar surface area (TPSA) is 88.5 Å². The number of rotatable bonds is 12. The molecule has 1 N–H and O–H groups in total. The van der Waals surface area contributed by atoms with Crippen LogP contribution in [-0.2, 0) is 16.0 Å². The van der Waals surface area contributed by atoms with Crippen molar-refractivity contribution in [3.63, 3.8) is 0 Å². The largest absolute Gasteiger partial charge is 0.492 e. The molecule has 2 fully saturated rings. The molecule has 230 valence electrons. The predicted octanol–water partition coefficient (Wildman–Crippen LogP) is 6.26. The zero-order chi connectivity index (χ0) is 31.1. The van der Waals surface area contributed by atoms with E-state index in [0.717, 1.165) is 60.9 Å². The molecule has 0 aliphatic carbocycles. The minimum atomic E-state index is -0.972. The maximum Gasteiger partial charge on any atom is 0.335 e. The van der Waals surface area contributed by atoms with Crippen LogP contribution in [0, 0.1) is 0 Å². The molecule has 0 radical (unpaired) electrons. The maximum absolute atomic E-state index is 13.3. The normalized spacial score (nSPS) is 16.5. The van der Waals surface area contributed by atoms with Crippen LogP contribution in [0.5, 0.6) is 11.5 Å². The predicted molar refractivity (Wildman–Crippen MR) is 178 cm³/mol. The summed E-state index contributed by atoms with van der Waals surface area (Å²) in [5, 5.41) is 9.63. The van der Waals surface area contributed by atoms with E-state index in [1.807, 2.05) is 49.4 Å². The third kappa shape index (κ3) is 7.99. The van der Waals surface area contributed by atoms with E-state index in [2.05, 4.69) is 4.90 Å². The summed E-state index contributed by atoms with van der Waals surface area (Å²) in [6.45, 7) is 7.38. The molecule has 2 aliphatic heterocycles. The highest BCUT2D eigenvalue weighted by molar-refractivity contribution is 8.26.